The number of carbonyl (C=O) groups excluding carboxylic acids is 1. The number of rotatable bonds is 3. The maximum atomic E-state index is 11.8. The van der Waals surface area contributed by atoms with Crippen molar-refractivity contribution in [1.29, 1.82) is 0 Å². The van der Waals surface area contributed by atoms with Gasteiger partial charge in [0.15, 0.2) is 0 Å². The molecule has 0 aromatic heterocycles. The Morgan fingerprint density at radius 2 is 2.26 bits per heavy atom. The number of nitrogens with zero attached hydrogens (tertiary/aromatic N) is 1. The van der Waals surface area contributed by atoms with Crippen LogP contribution in [-0.4, -0.2) is 31.0 Å². The maximum absolute atomic E-state index is 11.8. The minimum absolute atomic E-state index is 0.105. The van der Waals surface area contributed by atoms with Gasteiger partial charge in [-0.2, -0.15) is 0 Å². The molecule has 2 N–H and O–H groups in total. The minimum Gasteiger partial charge on any atom is -0.497 e. The van der Waals surface area contributed by atoms with Gasteiger partial charge < -0.3 is 15.4 Å². The molecule has 19 heavy (non-hydrogen) atoms. The van der Waals surface area contributed by atoms with Crippen LogP contribution in [0.2, 0.25) is 0 Å². The molecule has 4 nitrogen and oxygen atoms in total. The average molecular weight is 262 g/mol. The number of hydrogen-bond acceptors (Lipinski definition) is 3. The average Bonchev–Trinajstić information content (AvgIpc) is 2.82. The van der Waals surface area contributed by atoms with Gasteiger partial charge in [0, 0.05) is 13.5 Å². The molecule has 0 aliphatic carbocycles. The fourth-order valence-corrected chi connectivity index (χ4v) is 2.99. The van der Waals surface area contributed by atoms with Crippen molar-refractivity contribution in [2.24, 2.45) is 11.7 Å². The maximum Gasteiger partial charge on any atom is 0.219 e. The zero-order chi connectivity index (χ0) is 14.0. The molecule has 0 radical (unpaired) electrons. The molecular weight excluding hydrogens is 240 g/mol. The Balaban J connectivity index is 2.38. The number of ether oxygens (including phenoxy) is 1. The number of hydrogen-bond donors (Lipinski definition) is 1. The van der Waals surface area contributed by atoms with Gasteiger partial charge in [-0.3, -0.25) is 4.79 Å². The monoisotopic (exact) mass is 262 g/mol. The molecule has 1 amide bonds. The van der Waals surface area contributed by atoms with Gasteiger partial charge in [-0.25, -0.2) is 0 Å². The highest BCUT2D eigenvalue weighted by Crippen LogP contribution is 2.38. The summed E-state index contributed by atoms with van der Waals surface area (Å²) < 4.78 is 5.23. The third-order valence-electron chi connectivity index (χ3n) is 4.03. The van der Waals surface area contributed by atoms with E-state index in [1.807, 2.05) is 17.0 Å². The smallest absolute Gasteiger partial charge is 0.219 e. The van der Waals surface area contributed by atoms with Gasteiger partial charge in [0.05, 0.1) is 13.2 Å². The van der Waals surface area contributed by atoms with Gasteiger partial charge in [0.25, 0.3) is 0 Å². The van der Waals surface area contributed by atoms with E-state index in [0.717, 1.165) is 24.3 Å². The summed E-state index contributed by atoms with van der Waals surface area (Å²) in [6.07, 6.45) is 0.978. The van der Waals surface area contributed by atoms with E-state index in [9.17, 15) is 4.79 Å². The summed E-state index contributed by atoms with van der Waals surface area (Å²) in [5.74, 6) is 1.31. The third kappa shape index (κ3) is 2.59. The summed E-state index contributed by atoms with van der Waals surface area (Å²) in [5.41, 5.74) is 8.20. The molecule has 0 bridgehead atoms. The van der Waals surface area contributed by atoms with Gasteiger partial charge in [-0.1, -0.05) is 6.07 Å². The molecule has 1 aliphatic heterocycles. The molecule has 4 heteroatoms. The first-order chi connectivity index (χ1) is 9.08. The fraction of sp³-hybridized carbons (Fsp3) is 0.533. The lowest BCUT2D eigenvalue weighted by atomic mass is 9.91. The Bertz CT molecular complexity index is 473. The van der Waals surface area contributed by atoms with E-state index in [1.165, 1.54) is 5.56 Å². The third-order valence-corrected chi connectivity index (χ3v) is 4.03. The first-order valence-electron chi connectivity index (χ1n) is 6.70. The zero-order valence-corrected chi connectivity index (χ0v) is 11.8. The van der Waals surface area contributed by atoms with Crippen LogP contribution in [0, 0.1) is 12.8 Å². The second kappa shape index (κ2) is 5.61. The van der Waals surface area contributed by atoms with Crippen LogP contribution in [-0.2, 0) is 4.79 Å². The quantitative estimate of drug-likeness (QED) is 0.904. The molecule has 1 saturated heterocycles. The largest absolute Gasteiger partial charge is 0.497 e. The topological polar surface area (TPSA) is 55.6 Å². The number of amides is 1. The highest BCUT2D eigenvalue weighted by Gasteiger charge is 2.36. The number of nitrogens with two attached hydrogens (primary N) is 1. The van der Waals surface area contributed by atoms with Crippen molar-refractivity contribution in [3.8, 4) is 5.75 Å². The number of likely N-dealkylation sites (tertiary alicyclic amines) is 1. The number of carbonyl (C=O) groups is 1. The van der Waals surface area contributed by atoms with Crippen LogP contribution in [0.5, 0.6) is 5.75 Å². The second-order valence-electron chi connectivity index (χ2n) is 5.16. The first kappa shape index (κ1) is 13.9. The van der Waals surface area contributed by atoms with Crippen molar-refractivity contribution >= 4 is 5.91 Å². The molecule has 2 atom stereocenters. The number of methoxy groups -OCH3 is 1. The molecule has 1 fully saturated rings. The van der Waals surface area contributed by atoms with Gasteiger partial charge >= 0.3 is 0 Å². The van der Waals surface area contributed by atoms with Crippen LogP contribution in [0.15, 0.2) is 18.2 Å². The lowest BCUT2D eigenvalue weighted by molar-refractivity contribution is -0.130. The lowest BCUT2D eigenvalue weighted by Crippen LogP contribution is -2.32. The number of benzene rings is 1. The number of aryl methyl sites for hydroxylation is 1. The second-order valence-corrected chi connectivity index (χ2v) is 5.16. The summed E-state index contributed by atoms with van der Waals surface area (Å²) in [7, 11) is 1.66. The molecule has 104 valence electrons. The summed E-state index contributed by atoms with van der Waals surface area (Å²) in [5, 5.41) is 0. The Morgan fingerprint density at radius 1 is 1.53 bits per heavy atom. The van der Waals surface area contributed by atoms with Gasteiger partial charge in [0.1, 0.15) is 5.75 Å². The molecule has 2 unspecified atom stereocenters. The zero-order valence-electron chi connectivity index (χ0n) is 11.8. The SMILES string of the molecule is COc1ccc(C2C(CN)CCN2C(C)=O)c(C)c1. The van der Waals surface area contributed by atoms with Crippen molar-refractivity contribution in [3.05, 3.63) is 29.3 Å². The standard InChI is InChI=1S/C15H22N2O2/c1-10-8-13(19-3)4-5-14(10)15-12(9-16)6-7-17(15)11(2)18/h4-5,8,12,15H,6-7,9,16H2,1-3H3. The van der Waals surface area contributed by atoms with E-state index < -0.39 is 0 Å². The summed E-state index contributed by atoms with van der Waals surface area (Å²) in [6.45, 7) is 5.10. The van der Waals surface area contributed by atoms with E-state index in [1.54, 1.807) is 14.0 Å². The molecule has 1 aromatic carbocycles. The van der Waals surface area contributed by atoms with Gasteiger partial charge in [-0.05, 0) is 49.1 Å². The highest BCUT2D eigenvalue weighted by atomic mass is 16.5. The van der Waals surface area contributed by atoms with Crippen LogP contribution in [0.25, 0.3) is 0 Å². The van der Waals surface area contributed by atoms with E-state index >= 15 is 0 Å². The molecular formula is C15H22N2O2. The van der Waals surface area contributed by atoms with E-state index in [-0.39, 0.29) is 11.9 Å². The molecule has 2 rings (SSSR count). The van der Waals surface area contributed by atoms with Crippen molar-refractivity contribution in [3.63, 3.8) is 0 Å². The molecule has 1 aliphatic rings. The Kier molecular flexibility index (Phi) is 4.10. The molecule has 0 spiro atoms. The van der Waals surface area contributed by atoms with E-state index in [4.69, 9.17) is 10.5 Å². The van der Waals surface area contributed by atoms with Gasteiger partial charge in [0.2, 0.25) is 5.91 Å². The van der Waals surface area contributed by atoms with E-state index in [0.29, 0.717) is 12.5 Å². The van der Waals surface area contributed by atoms with Crippen molar-refractivity contribution < 1.29 is 9.53 Å². The van der Waals surface area contributed by atoms with Crippen molar-refractivity contribution in [2.75, 3.05) is 20.2 Å². The highest BCUT2D eigenvalue weighted by molar-refractivity contribution is 5.74. The predicted octanol–water partition coefficient (Wildman–Crippen LogP) is 1.87. The Labute approximate surface area is 114 Å². The van der Waals surface area contributed by atoms with Crippen LogP contribution < -0.4 is 10.5 Å². The van der Waals surface area contributed by atoms with E-state index in [2.05, 4.69) is 13.0 Å². The lowest BCUT2D eigenvalue weighted by Gasteiger charge is -2.28. The van der Waals surface area contributed by atoms with Gasteiger partial charge in [-0.15, -0.1) is 0 Å². The normalized spacial score (nSPS) is 22.6. The summed E-state index contributed by atoms with van der Waals surface area (Å²) >= 11 is 0. The van der Waals surface area contributed by atoms with Crippen LogP contribution in [0.3, 0.4) is 0 Å². The van der Waals surface area contributed by atoms with Crippen LogP contribution >= 0.6 is 0 Å². The Hall–Kier alpha value is -1.55. The summed E-state index contributed by atoms with van der Waals surface area (Å²) in [6, 6.07) is 6.13. The Morgan fingerprint density at radius 3 is 2.79 bits per heavy atom. The van der Waals surface area contributed by atoms with Crippen LogP contribution in [0.1, 0.15) is 30.5 Å². The summed E-state index contributed by atoms with van der Waals surface area (Å²) in [4.78, 5) is 13.7. The molecule has 0 saturated carbocycles. The fourth-order valence-electron chi connectivity index (χ4n) is 2.99. The molecule has 1 heterocycles. The minimum atomic E-state index is 0.105. The first-order valence-corrected chi connectivity index (χ1v) is 6.70. The predicted molar refractivity (Wildman–Crippen MR) is 75.0 cm³/mol. The van der Waals surface area contributed by atoms with Crippen molar-refractivity contribution in [1.82, 2.24) is 4.90 Å². The van der Waals surface area contributed by atoms with Crippen LogP contribution in [0.4, 0.5) is 0 Å². The molecule has 1 aromatic rings. The van der Waals surface area contributed by atoms with Crippen molar-refractivity contribution in [2.45, 2.75) is 26.3 Å².